The monoisotopic (exact) mass is 381 g/mol. The predicted molar refractivity (Wildman–Crippen MR) is 56.7 cm³/mol. The van der Waals surface area contributed by atoms with E-state index in [1.807, 2.05) is 6.55 Å². The van der Waals surface area contributed by atoms with Crippen molar-refractivity contribution in [2.24, 2.45) is 0 Å². The smallest absolute Gasteiger partial charge is 0.436 e. The van der Waals surface area contributed by atoms with Gasteiger partial charge in [-0.2, -0.15) is 0 Å². The van der Waals surface area contributed by atoms with E-state index in [2.05, 4.69) is 6.55 Å². The summed E-state index contributed by atoms with van der Waals surface area (Å²) in [7, 11) is -3.76. The van der Waals surface area contributed by atoms with Gasteiger partial charge >= 0.3 is 9.53 Å². The Morgan fingerprint density at radius 3 is 2.23 bits per heavy atom. The third-order valence-corrected chi connectivity index (χ3v) is 27.1. The topological polar surface area (TPSA) is 47.9 Å². The van der Waals surface area contributed by atoms with Crippen LogP contribution in [0.5, 0.6) is 0 Å². The van der Waals surface area contributed by atoms with Crippen molar-refractivity contribution in [3.63, 3.8) is 0 Å². The molecule has 2 radical (unpaired) electrons. The standard InChI is InChI=1S/C3H13O4Si4.CH3.Pr/c1-5-10-6-9(3)11(7-10)8(2)4;;/h4,8-9,11H,1-3H3;1H3;/q;-1;. The average Bonchev–Trinajstić information content (AvgIpc) is 2.30. The molecule has 9 heteroatoms. The van der Waals surface area contributed by atoms with E-state index in [1.54, 1.807) is 7.11 Å². The second-order valence-corrected chi connectivity index (χ2v) is 21.2. The zero-order valence-corrected chi connectivity index (χ0v) is 16.6. The van der Waals surface area contributed by atoms with E-state index < -0.39 is 34.7 Å². The molecule has 1 saturated heterocycles. The maximum Gasteiger partial charge on any atom is 0.554 e. The van der Waals surface area contributed by atoms with Crippen LogP contribution in [0.15, 0.2) is 0 Å². The van der Waals surface area contributed by atoms with Crippen LogP contribution in [-0.4, -0.2) is 46.6 Å². The van der Waals surface area contributed by atoms with Crippen molar-refractivity contribution in [1.82, 2.24) is 0 Å². The summed E-state index contributed by atoms with van der Waals surface area (Å²) in [5, 5.41) is 0. The first kappa shape index (κ1) is 17.5. The van der Waals surface area contributed by atoms with Gasteiger partial charge in [-0.15, -0.1) is 0 Å². The summed E-state index contributed by atoms with van der Waals surface area (Å²) in [5.74, 6) is 0. The molecule has 1 fully saturated rings. The molecule has 1 N–H and O–H groups in total. The Kier molecular flexibility index (Phi) is 11.1. The predicted octanol–water partition coefficient (Wildman–Crippen LogP) is -1.31. The van der Waals surface area contributed by atoms with Crippen LogP contribution < -0.4 is 0 Å². The Hall–Kier alpha value is 2.07. The molecule has 1 aliphatic heterocycles. The van der Waals surface area contributed by atoms with Crippen molar-refractivity contribution in [3.05, 3.63) is 7.43 Å². The molecule has 0 aromatic heterocycles. The van der Waals surface area contributed by atoms with Gasteiger partial charge < -0.3 is 24.9 Å². The van der Waals surface area contributed by atoms with Gasteiger partial charge in [0.1, 0.15) is 0 Å². The van der Waals surface area contributed by atoms with Crippen LogP contribution in [0.25, 0.3) is 0 Å². The zero-order chi connectivity index (χ0) is 8.43. The minimum Gasteiger partial charge on any atom is -0.436 e. The van der Waals surface area contributed by atoms with Gasteiger partial charge in [-0.05, 0) is 13.1 Å². The molecule has 3 atom stereocenters. The van der Waals surface area contributed by atoms with Crippen molar-refractivity contribution >= 4 is 34.7 Å². The van der Waals surface area contributed by atoms with Gasteiger partial charge in [-0.25, -0.2) is 0 Å². The van der Waals surface area contributed by atoms with Crippen LogP contribution in [0.2, 0.25) is 13.1 Å². The Labute approximate surface area is 120 Å². The Morgan fingerprint density at radius 1 is 1.46 bits per heavy atom. The summed E-state index contributed by atoms with van der Waals surface area (Å²) in [4.78, 5) is 9.43. The molecule has 0 spiro atoms. The largest absolute Gasteiger partial charge is 0.554 e. The van der Waals surface area contributed by atoms with Crippen molar-refractivity contribution in [2.45, 2.75) is 13.1 Å². The maximum atomic E-state index is 9.43. The molecule has 4 nitrogen and oxygen atoms in total. The summed E-state index contributed by atoms with van der Waals surface area (Å²) < 4.78 is 16.1. The summed E-state index contributed by atoms with van der Waals surface area (Å²) >= 11 is 0. The van der Waals surface area contributed by atoms with Crippen LogP contribution >= 0.6 is 0 Å². The van der Waals surface area contributed by atoms with Crippen molar-refractivity contribution in [1.29, 1.82) is 0 Å². The van der Waals surface area contributed by atoms with Gasteiger partial charge in [0.2, 0.25) is 0 Å². The fraction of sp³-hybridized carbons (Fsp3) is 0.750. The van der Waals surface area contributed by atoms with Crippen LogP contribution in [-0.2, 0) is 12.7 Å². The second-order valence-electron chi connectivity index (χ2n) is 2.60. The average molecular weight is 381 g/mol. The van der Waals surface area contributed by atoms with Gasteiger partial charge in [-0.1, -0.05) is 0 Å². The molecule has 0 amide bonds. The Balaban J connectivity index is 0. The molecular weight excluding hydrogens is 365 g/mol. The Bertz CT molecular complexity index is 139. The quantitative estimate of drug-likeness (QED) is 0.477. The van der Waals surface area contributed by atoms with E-state index in [4.69, 9.17) is 12.7 Å². The second kappa shape index (κ2) is 8.25. The van der Waals surface area contributed by atoms with E-state index in [0.717, 1.165) is 0 Å². The minimum atomic E-state index is -1.53. The summed E-state index contributed by atoms with van der Waals surface area (Å²) in [5.41, 5.74) is 0. The first-order chi connectivity index (χ1) is 5.15. The summed E-state index contributed by atoms with van der Waals surface area (Å²) in [6.45, 7) is 4.03. The van der Waals surface area contributed by atoms with Crippen LogP contribution in [0.1, 0.15) is 0 Å². The molecule has 13 heavy (non-hydrogen) atoms. The zero-order valence-electron chi connectivity index (χ0n) is 8.48. The van der Waals surface area contributed by atoms with E-state index in [9.17, 15) is 4.80 Å². The first-order valence-corrected chi connectivity index (χ1v) is 13.9. The van der Waals surface area contributed by atoms with E-state index >= 15 is 0 Å². The molecule has 0 bridgehead atoms. The molecule has 1 rings (SSSR count). The van der Waals surface area contributed by atoms with Crippen LogP contribution in [0.3, 0.4) is 0 Å². The molecule has 76 valence electrons. The summed E-state index contributed by atoms with van der Waals surface area (Å²) in [6.07, 6.45) is 0. The molecule has 0 aromatic rings. The molecule has 1 heterocycles. The molecule has 1 aliphatic rings. The van der Waals surface area contributed by atoms with Crippen molar-refractivity contribution in [2.75, 3.05) is 7.11 Å². The Morgan fingerprint density at radius 2 is 2.00 bits per heavy atom. The third kappa shape index (κ3) is 5.09. The fourth-order valence-electron chi connectivity index (χ4n) is 1.04. The molecule has 3 unspecified atom stereocenters. The minimum absolute atomic E-state index is 0. The molecular formula is C4H16O4PrSi4-. The fourth-order valence-corrected chi connectivity index (χ4v) is 26.7. The third-order valence-electron chi connectivity index (χ3n) is 1.62. The first-order valence-electron chi connectivity index (χ1n) is 3.57. The number of hydrogen-bond donors (Lipinski definition) is 1. The van der Waals surface area contributed by atoms with Gasteiger partial charge in [0.05, 0.1) is 0 Å². The van der Waals surface area contributed by atoms with Crippen LogP contribution in [0.4, 0.5) is 0 Å². The normalized spacial score (nSPS) is 30.5. The number of hydrogen-bond acceptors (Lipinski definition) is 4. The molecule has 0 aliphatic carbocycles. The van der Waals surface area contributed by atoms with E-state index in [-0.39, 0.29) is 48.7 Å². The number of rotatable bonds is 2. The SMILES string of the molecule is CO[Si]1O[SiH](C)[SiH]([SiH](C)O)O1.[CH3-].[Pr]. The molecule has 0 aromatic carbocycles. The van der Waals surface area contributed by atoms with Gasteiger partial charge in [-0.3, -0.25) is 0 Å². The van der Waals surface area contributed by atoms with Gasteiger partial charge in [0.25, 0.3) is 0 Å². The van der Waals surface area contributed by atoms with Crippen molar-refractivity contribution < 1.29 is 58.7 Å². The van der Waals surface area contributed by atoms with Gasteiger partial charge in [0.15, 0.2) is 25.2 Å². The van der Waals surface area contributed by atoms with E-state index in [1.165, 1.54) is 0 Å². The van der Waals surface area contributed by atoms with E-state index in [0.29, 0.717) is 0 Å². The summed E-state index contributed by atoms with van der Waals surface area (Å²) in [6, 6.07) is 0. The molecule has 0 saturated carbocycles. The maximum absolute atomic E-state index is 9.43. The van der Waals surface area contributed by atoms with Crippen molar-refractivity contribution in [3.8, 4) is 0 Å². The van der Waals surface area contributed by atoms with Crippen LogP contribution in [0, 0.1) is 48.7 Å². The van der Waals surface area contributed by atoms with Gasteiger partial charge in [0, 0.05) is 48.4 Å².